The van der Waals surface area contributed by atoms with Crippen LogP contribution in [0.2, 0.25) is 0 Å². The number of benzene rings is 1. The van der Waals surface area contributed by atoms with Crippen molar-refractivity contribution in [3.8, 4) is 0 Å². The molecule has 2 rings (SSSR count). The first-order valence-electron chi connectivity index (χ1n) is 10.3. The molecule has 0 bridgehead atoms. The zero-order valence-electron chi connectivity index (χ0n) is 17.7. The van der Waals surface area contributed by atoms with Crippen LogP contribution < -0.4 is 0 Å². The summed E-state index contributed by atoms with van der Waals surface area (Å²) >= 11 is 0. The standard InChI is InChI=1S/C21H27F8NO2/c1-13(2)32-17-8-4-7-16(10-17)30(12-18(31)20(24,25)26)11-14-5-3-6-15(9-14)19(22,23)21(27,28)29/h3,5-6,9,13,16-18,31H,4,7-8,10-12H2,1-2H3. The Kier molecular flexibility index (Phi) is 8.55. The summed E-state index contributed by atoms with van der Waals surface area (Å²) in [6.45, 7) is 2.48. The number of hydrogen-bond acceptors (Lipinski definition) is 3. The topological polar surface area (TPSA) is 32.7 Å². The lowest BCUT2D eigenvalue weighted by molar-refractivity contribution is -0.289. The molecule has 0 spiro atoms. The Morgan fingerprint density at radius 1 is 1.06 bits per heavy atom. The molecule has 32 heavy (non-hydrogen) atoms. The van der Waals surface area contributed by atoms with E-state index in [1.807, 2.05) is 13.8 Å². The molecule has 184 valence electrons. The number of nitrogens with zero attached hydrogens (tertiary/aromatic N) is 1. The van der Waals surface area contributed by atoms with Gasteiger partial charge in [0.15, 0.2) is 6.10 Å². The van der Waals surface area contributed by atoms with Crippen LogP contribution in [0.25, 0.3) is 0 Å². The average Bonchev–Trinajstić information content (AvgIpc) is 2.65. The normalized spacial score (nSPS) is 21.9. The molecule has 1 N–H and O–H groups in total. The highest BCUT2D eigenvalue weighted by molar-refractivity contribution is 5.28. The third-order valence-corrected chi connectivity index (χ3v) is 5.40. The summed E-state index contributed by atoms with van der Waals surface area (Å²) in [4.78, 5) is 1.29. The van der Waals surface area contributed by atoms with Gasteiger partial charge in [-0.05, 0) is 51.2 Å². The number of halogens is 8. The Morgan fingerprint density at radius 2 is 1.72 bits per heavy atom. The highest BCUT2D eigenvalue weighted by atomic mass is 19.4. The molecular weight excluding hydrogens is 450 g/mol. The van der Waals surface area contributed by atoms with Crippen molar-refractivity contribution >= 4 is 0 Å². The molecule has 0 aliphatic heterocycles. The van der Waals surface area contributed by atoms with Gasteiger partial charge in [0.25, 0.3) is 0 Å². The number of aliphatic hydroxyl groups is 1. The molecule has 3 unspecified atom stereocenters. The maximum atomic E-state index is 13.7. The van der Waals surface area contributed by atoms with Crippen molar-refractivity contribution in [3.05, 3.63) is 35.4 Å². The fourth-order valence-electron chi connectivity index (χ4n) is 3.89. The zero-order chi connectivity index (χ0) is 24.3. The van der Waals surface area contributed by atoms with E-state index >= 15 is 0 Å². The molecule has 1 saturated carbocycles. The van der Waals surface area contributed by atoms with Gasteiger partial charge in [0.1, 0.15) is 0 Å². The van der Waals surface area contributed by atoms with Gasteiger partial charge in [0, 0.05) is 24.7 Å². The number of hydrogen-bond donors (Lipinski definition) is 1. The first-order chi connectivity index (χ1) is 14.6. The number of aliphatic hydroxyl groups excluding tert-OH is 1. The van der Waals surface area contributed by atoms with Crippen molar-refractivity contribution in [2.75, 3.05) is 6.54 Å². The predicted octanol–water partition coefficient (Wildman–Crippen LogP) is 5.80. The van der Waals surface area contributed by atoms with Crippen LogP contribution >= 0.6 is 0 Å². The lowest BCUT2D eigenvalue weighted by Crippen LogP contribution is -2.47. The molecule has 1 aliphatic carbocycles. The molecule has 1 aliphatic rings. The molecule has 3 nitrogen and oxygen atoms in total. The van der Waals surface area contributed by atoms with E-state index in [9.17, 15) is 40.2 Å². The second-order valence-corrected chi connectivity index (χ2v) is 8.39. The second kappa shape index (κ2) is 10.2. The molecule has 0 heterocycles. The molecular formula is C21H27F8NO2. The van der Waals surface area contributed by atoms with Crippen LogP contribution in [0, 0.1) is 0 Å². The molecule has 1 aromatic carbocycles. The van der Waals surface area contributed by atoms with Crippen molar-refractivity contribution in [1.29, 1.82) is 0 Å². The third-order valence-electron chi connectivity index (χ3n) is 5.40. The third kappa shape index (κ3) is 7.02. The summed E-state index contributed by atoms with van der Waals surface area (Å²) in [7, 11) is 0. The van der Waals surface area contributed by atoms with Crippen molar-refractivity contribution < 1.29 is 45.0 Å². The van der Waals surface area contributed by atoms with Crippen LogP contribution in [0.4, 0.5) is 35.1 Å². The largest absolute Gasteiger partial charge is 0.458 e. The van der Waals surface area contributed by atoms with Crippen LogP contribution in [-0.2, 0) is 17.2 Å². The molecule has 11 heteroatoms. The van der Waals surface area contributed by atoms with Crippen LogP contribution in [0.15, 0.2) is 24.3 Å². The minimum atomic E-state index is -5.80. The van der Waals surface area contributed by atoms with Gasteiger partial charge in [-0.2, -0.15) is 35.1 Å². The van der Waals surface area contributed by atoms with E-state index < -0.39 is 42.5 Å². The van der Waals surface area contributed by atoms with Crippen LogP contribution in [0.1, 0.15) is 50.7 Å². The van der Waals surface area contributed by atoms with Crippen molar-refractivity contribution in [2.45, 2.75) is 88.7 Å². The van der Waals surface area contributed by atoms with Crippen LogP contribution in [0.3, 0.4) is 0 Å². The maximum absolute atomic E-state index is 13.7. The first-order valence-corrected chi connectivity index (χ1v) is 10.3. The monoisotopic (exact) mass is 477 g/mol. The number of alkyl halides is 8. The molecule has 1 fully saturated rings. The highest BCUT2D eigenvalue weighted by Crippen LogP contribution is 2.44. The van der Waals surface area contributed by atoms with Gasteiger partial charge in [-0.3, -0.25) is 4.90 Å². The summed E-state index contributed by atoms with van der Waals surface area (Å²) in [5.41, 5.74) is -1.30. The van der Waals surface area contributed by atoms with E-state index in [4.69, 9.17) is 4.74 Å². The fraction of sp³-hybridized carbons (Fsp3) is 0.714. The van der Waals surface area contributed by atoms with Gasteiger partial charge in [-0.15, -0.1) is 0 Å². The van der Waals surface area contributed by atoms with Gasteiger partial charge >= 0.3 is 18.3 Å². The Hall–Kier alpha value is -1.46. The van der Waals surface area contributed by atoms with Crippen molar-refractivity contribution in [1.82, 2.24) is 4.90 Å². The average molecular weight is 477 g/mol. The van der Waals surface area contributed by atoms with Crippen molar-refractivity contribution in [2.24, 2.45) is 0 Å². The van der Waals surface area contributed by atoms with E-state index in [1.54, 1.807) is 0 Å². The minimum absolute atomic E-state index is 0.00676. The van der Waals surface area contributed by atoms with E-state index in [-0.39, 0.29) is 24.3 Å². The summed E-state index contributed by atoms with van der Waals surface area (Å²) in [6.07, 6.45) is -11.5. The zero-order valence-corrected chi connectivity index (χ0v) is 17.7. The van der Waals surface area contributed by atoms with Crippen LogP contribution in [-0.4, -0.2) is 53.3 Å². The van der Waals surface area contributed by atoms with Gasteiger partial charge in [-0.1, -0.05) is 18.2 Å². The molecule has 3 atom stereocenters. The Bertz CT molecular complexity index is 735. The van der Waals surface area contributed by atoms with E-state index in [0.29, 0.717) is 37.8 Å². The van der Waals surface area contributed by atoms with Gasteiger partial charge in [0.2, 0.25) is 0 Å². The van der Waals surface area contributed by atoms with Gasteiger partial charge < -0.3 is 9.84 Å². The minimum Gasteiger partial charge on any atom is -0.382 e. The molecule has 0 saturated heterocycles. The SMILES string of the molecule is CC(C)OC1CCCC(N(Cc2cccc(C(F)(F)C(F)(F)F)c2)CC(O)C(F)(F)F)C1. The van der Waals surface area contributed by atoms with Crippen molar-refractivity contribution in [3.63, 3.8) is 0 Å². The lowest BCUT2D eigenvalue weighted by atomic mass is 9.90. The highest BCUT2D eigenvalue weighted by Gasteiger charge is 2.58. The Balaban J connectivity index is 2.28. The second-order valence-electron chi connectivity index (χ2n) is 8.39. The quantitative estimate of drug-likeness (QED) is 0.481. The van der Waals surface area contributed by atoms with Crippen LogP contribution in [0.5, 0.6) is 0 Å². The Labute approximate surface area is 181 Å². The smallest absolute Gasteiger partial charge is 0.382 e. The molecule has 0 aromatic heterocycles. The summed E-state index contributed by atoms with van der Waals surface area (Å²) in [6, 6.07) is 3.09. The van der Waals surface area contributed by atoms with Gasteiger partial charge in [0.05, 0.1) is 12.2 Å². The Morgan fingerprint density at radius 3 is 2.28 bits per heavy atom. The van der Waals surface area contributed by atoms with E-state index in [1.165, 1.54) is 11.0 Å². The van der Waals surface area contributed by atoms with Gasteiger partial charge in [-0.25, -0.2) is 0 Å². The molecule has 0 amide bonds. The lowest BCUT2D eigenvalue weighted by Gasteiger charge is -2.39. The fourth-order valence-corrected chi connectivity index (χ4v) is 3.89. The van der Waals surface area contributed by atoms with E-state index in [2.05, 4.69) is 0 Å². The predicted molar refractivity (Wildman–Crippen MR) is 101 cm³/mol. The number of ether oxygens (including phenoxy) is 1. The molecule has 0 radical (unpaired) electrons. The maximum Gasteiger partial charge on any atom is 0.458 e. The summed E-state index contributed by atoms with van der Waals surface area (Å²) in [5, 5.41) is 9.60. The summed E-state index contributed by atoms with van der Waals surface area (Å²) in [5.74, 6) is -5.10. The number of rotatable bonds is 8. The molecule has 1 aromatic rings. The van der Waals surface area contributed by atoms with E-state index in [0.717, 1.165) is 6.07 Å². The first kappa shape index (κ1) is 26.8. The summed E-state index contributed by atoms with van der Waals surface area (Å²) < 4.78 is 110.